The van der Waals surface area contributed by atoms with Crippen molar-refractivity contribution < 1.29 is 9.53 Å². The minimum absolute atomic E-state index is 0.155. The lowest BCUT2D eigenvalue weighted by atomic mass is 10.1. The lowest BCUT2D eigenvalue weighted by molar-refractivity contribution is 0.0531. The molecule has 6 nitrogen and oxygen atoms in total. The molecule has 2 heterocycles. The fourth-order valence-corrected chi connectivity index (χ4v) is 4.29. The van der Waals surface area contributed by atoms with Crippen LogP contribution in [0.15, 0.2) is 29.6 Å². The molecule has 0 spiro atoms. The van der Waals surface area contributed by atoms with Gasteiger partial charge >= 0.3 is 5.97 Å². The average molecular weight is 383 g/mol. The zero-order chi connectivity index (χ0) is 19.0. The number of nitroso groups, excluding NO2 is 1. The molecule has 1 aliphatic carbocycles. The third-order valence-electron chi connectivity index (χ3n) is 4.85. The van der Waals surface area contributed by atoms with Gasteiger partial charge in [0.15, 0.2) is 0 Å². The maximum atomic E-state index is 12.1. The van der Waals surface area contributed by atoms with E-state index in [9.17, 15) is 9.70 Å². The number of hydrogen-bond acceptors (Lipinski definition) is 6. The highest BCUT2D eigenvalue weighted by atomic mass is 32.1. The van der Waals surface area contributed by atoms with Crippen LogP contribution in [0, 0.1) is 17.7 Å². The Morgan fingerprint density at radius 1 is 1.41 bits per heavy atom. The highest BCUT2D eigenvalue weighted by molar-refractivity contribution is 7.17. The predicted molar refractivity (Wildman–Crippen MR) is 106 cm³/mol. The van der Waals surface area contributed by atoms with Crippen LogP contribution in [0.2, 0.25) is 0 Å². The van der Waals surface area contributed by atoms with Crippen molar-refractivity contribution in [3.8, 4) is 10.6 Å². The smallest absolute Gasteiger partial charge is 0.350 e. The number of benzene rings is 1. The summed E-state index contributed by atoms with van der Waals surface area (Å²) >= 11 is 1.34. The maximum Gasteiger partial charge on any atom is 0.350 e. The summed E-state index contributed by atoms with van der Waals surface area (Å²) in [6.07, 6.45) is 4.59. The predicted octanol–water partition coefficient (Wildman–Crippen LogP) is 4.93. The van der Waals surface area contributed by atoms with Gasteiger partial charge in [-0.25, -0.2) is 9.78 Å². The number of nitrogens with zero attached hydrogens (tertiary/aromatic N) is 3. The Kier molecular flexibility index (Phi) is 4.78. The standard InChI is InChI=1S/C20H21N3O3S/c1-3-26-20(24)18-12(2)22-19(27-18)14-6-7-17-16(8-14)15(9-21-25)11-23(17)10-13-4-5-13/h6-8,11,13H,3-5,9-10H2,1-2H3. The highest BCUT2D eigenvalue weighted by Gasteiger charge is 2.23. The zero-order valence-corrected chi connectivity index (χ0v) is 16.2. The minimum Gasteiger partial charge on any atom is -0.462 e. The summed E-state index contributed by atoms with van der Waals surface area (Å²) < 4.78 is 7.34. The first-order valence-electron chi connectivity index (χ1n) is 9.16. The van der Waals surface area contributed by atoms with E-state index in [0.717, 1.165) is 39.5 Å². The molecule has 0 aliphatic heterocycles. The summed E-state index contributed by atoms with van der Waals surface area (Å²) in [6, 6.07) is 6.14. The van der Waals surface area contributed by atoms with Gasteiger partial charge < -0.3 is 9.30 Å². The van der Waals surface area contributed by atoms with Gasteiger partial charge in [-0.05, 0) is 50.8 Å². The van der Waals surface area contributed by atoms with Crippen molar-refractivity contribution in [3.63, 3.8) is 0 Å². The monoisotopic (exact) mass is 383 g/mol. The van der Waals surface area contributed by atoms with Crippen LogP contribution in [0.5, 0.6) is 0 Å². The van der Waals surface area contributed by atoms with Crippen molar-refractivity contribution in [1.29, 1.82) is 0 Å². The summed E-state index contributed by atoms with van der Waals surface area (Å²) in [4.78, 5) is 28.0. The van der Waals surface area contributed by atoms with Gasteiger partial charge in [0.1, 0.15) is 16.4 Å². The Bertz CT molecular complexity index is 1020. The van der Waals surface area contributed by atoms with Crippen molar-refractivity contribution in [2.45, 2.75) is 39.8 Å². The second-order valence-electron chi connectivity index (χ2n) is 6.92. The Labute approximate surface area is 161 Å². The number of carbonyl (C=O) groups excluding carboxylic acids is 1. The van der Waals surface area contributed by atoms with Crippen LogP contribution < -0.4 is 0 Å². The summed E-state index contributed by atoms with van der Waals surface area (Å²) in [5, 5.41) is 4.89. The van der Waals surface area contributed by atoms with Crippen molar-refractivity contribution in [2.75, 3.05) is 6.61 Å². The molecule has 1 saturated carbocycles. The van der Waals surface area contributed by atoms with Crippen LogP contribution in [-0.2, 0) is 17.8 Å². The lowest BCUT2D eigenvalue weighted by Gasteiger charge is -2.04. The second kappa shape index (κ2) is 7.23. The first-order chi connectivity index (χ1) is 13.1. The quantitative estimate of drug-likeness (QED) is 0.428. The lowest BCUT2D eigenvalue weighted by Crippen LogP contribution is -2.03. The number of aryl methyl sites for hydroxylation is 1. The Morgan fingerprint density at radius 2 is 2.22 bits per heavy atom. The molecule has 0 atom stereocenters. The fourth-order valence-electron chi connectivity index (χ4n) is 3.34. The van der Waals surface area contributed by atoms with Gasteiger partial charge in [-0.1, -0.05) is 5.18 Å². The third kappa shape index (κ3) is 3.51. The number of thiazole rings is 1. The molecule has 0 N–H and O–H groups in total. The van der Waals surface area contributed by atoms with Crippen molar-refractivity contribution in [1.82, 2.24) is 9.55 Å². The second-order valence-corrected chi connectivity index (χ2v) is 7.92. The number of ether oxygens (including phenoxy) is 1. The molecule has 0 unspecified atom stereocenters. The highest BCUT2D eigenvalue weighted by Crippen LogP contribution is 2.35. The average Bonchev–Trinajstić information content (AvgIpc) is 3.29. The third-order valence-corrected chi connectivity index (χ3v) is 6.04. The molecule has 4 rings (SSSR count). The van der Waals surface area contributed by atoms with Crippen molar-refractivity contribution in [3.05, 3.63) is 45.4 Å². The van der Waals surface area contributed by atoms with Gasteiger partial charge in [0.25, 0.3) is 0 Å². The van der Waals surface area contributed by atoms with Crippen LogP contribution in [0.3, 0.4) is 0 Å². The molecular weight excluding hydrogens is 362 g/mol. The molecule has 3 aromatic rings. The molecule has 27 heavy (non-hydrogen) atoms. The molecule has 7 heteroatoms. The molecule has 140 valence electrons. The number of fused-ring (bicyclic) bond motifs is 1. The van der Waals surface area contributed by atoms with Gasteiger partial charge in [-0.2, -0.15) is 4.91 Å². The van der Waals surface area contributed by atoms with Crippen molar-refractivity contribution >= 4 is 28.2 Å². The van der Waals surface area contributed by atoms with E-state index >= 15 is 0 Å². The Hall–Kier alpha value is -2.54. The van der Waals surface area contributed by atoms with E-state index in [-0.39, 0.29) is 12.5 Å². The van der Waals surface area contributed by atoms with Crippen LogP contribution in [0.1, 0.15) is 40.7 Å². The Balaban J connectivity index is 1.74. The van der Waals surface area contributed by atoms with Gasteiger partial charge in [0.05, 0.1) is 12.3 Å². The molecule has 2 aromatic heterocycles. The molecule has 1 aliphatic rings. The van der Waals surface area contributed by atoms with E-state index in [2.05, 4.69) is 20.8 Å². The number of carbonyl (C=O) groups is 1. The first-order valence-corrected chi connectivity index (χ1v) is 9.98. The van der Waals surface area contributed by atoms with E-state index in [4.69, 9.17) is 4.74 Å². The Morgan fingerprint density at radius 3 is 2.93 bits per heavy atom. The molecule has 0 amide bonds. The van der Waals surface area contributed by atoms with E-state index in [1.165, 1.54) is 24.2 Å². The van der Waals surface area contributed by atoms with E-state index in [0.29, 0.717) is 17.2 Å². The SMILES string of the molecule is CCOC(=O)c1sc(-c2ccc3c(c2)c(CN=O)cn3CC2CC2)nc1C. The largest absolute Gasteiger partial charge is 0.462 e. The number of aromatic nitrogens is 2. The topological polar surface area (TPSA) is 73.5 Å². The van der Waals surface area contributed by atoms with Gasteiger partial charge in [0, 0.05) is 34.8 Å². The van der Waals surface area contributed by atoms with Gasteiger partial charge in [-0.3, -0.25) is 0 Å². The van der Waals surface area contributed by atoms with Crippen LogP contribution in [0.25, 0.3) is 21.5 Å². The molecule has 1 fully saturated rings. The maximum absolute atomic E-state index is 12.1. The van der Waals surface area contributed by atoms with Crippen LogP contribution >= 0.6 is 11.3 Å². The van der Waals surface area contributed by atoms with E-state index < -0.39 is 0 Å². The summed E-state index contributed by atoms with van der Waals surface area (Å²) in [7, 11) is 0. The van der Waals surface area contributed by atoms with Gasteiger partial charge in [0.2, 0.25) is 0 Å². The van der Waals surface area contributed by atoms with Gasteiger partial charge in [-0.15, -0.1) is 11.3 Å². The van der Waals surface area contributed by atoms with Crippen molar-refractivity contribution in [2.24, 2.45) is 11.1 Å². The zero-order valence-electron chi connectivity index (χ0n) is 15.4. The molecule has 0 saturated heterocycles. The molecule has 1 aromatic carbocycles. The number of hydrogen-bond donors (Lipinski definition) is 0. The molecule has 0 radical (unpaired) electrons. The molecular formula is C20H21N3O3S. The van der Waals surface area contributed by atoms with Crippen LogP contribution in [-0.4, -0.2) is 22.1 Å². The minimum atomic E-state index is -0.332. The summed E-state index contributed by atoms with van der Waals surface area (Å²) in [5.41, 5.74) is 3.65. The van der Waals surface area contributed by atoms with Crippen LogP contribution in [0.4, 0.5) is 0 Å². The summed E-state index contributed by atoms with van der Waals surface area (Å²) in [6.45, 7) is 5.09. The first kappa shape index (κ1) is 17.9. The molecule has 0 bridgehead atoms. The normalized spacial score (nSPS) is 13.9. The van der Waals surface area contributed by atoms with E-state index in [1.807, 2.05) is 25.3 Å². The fraction of sp³-hybridized carbons (Fsp3) is 0.400. The number of rotatable bonds is 7. The van der Waals surface area contributed by atoms with E-state index in [1.54, 1.807) is 6.92 Å². The summed E-state index contributed by atoms with van der Waals surface area (Å²) in [5.74, 6) is 0.410. The number of esters is 1.